The van der Waals surface area contributed by atoms with Crippen LogP contribution in [0.15, 0.2) is 0 Å². The molecule has 1 atom stereocenters. The molecule has 1 aliphatic heterocycles. The Morgan fingerprint density at radius 1 is 0.909 bits per heavy atom. The summed E-state index contributed by atoms with van der Waals surface area (Å²) in [6.07, 6.45) is 12.0. The number of nitrogens with two attached hydrogens (primary N) is 1. The Balaban J connectivity index is 2.54. The average molecular weight is 311 g/mol. The molecule has 1 fully saturated rings. The Bertz CT molecular complexity index is 310. The molecule has 130 valence electrons. The molecule has 0 radical (unpaired) electrons. The molecule has 3 N–H and O–H groups in total. The molecule has 4 nitrogen and oxygen atoms in total. The predicted octanol–water partition coefficient (Wildman–Crippen LogP) is 3.81. The summed E-state index contributed by atoms with van der Waals surface area (Å²) in [4.78, 5) is 4.67. The summed E-state index contributed by atoms with van der Waals surface area (Å²) in [6.45, 7) is 11.0. The standard InChI is InChI=1S/C18H38N4/c1-4-6-8-10-12-18(3,11-9-7-5-2)22-15-13-21(14-16-22)17(19)20/h4-16H2,1-3H3,(H3,19,20). The van der Waals surface area contributed by atoms with Crippen LogP contribution in [0.2, 0.25) is 0 Å². The van der Waals surface area contributed by atoms with Gasteiger partial charge in [-0.3, -0.25) is 10.3 Å². The van der Waals surface area contributed by atoms with E-state index in [1.165, 1.54) is 57.8 Å². The van der Waals surface area contributed by atoms with E-state index in [0.717, 1.165) is 26.2 Å². The number of nitrogens with zero attached hydrogens (tertiary/aromatic N) is 2. The van der Waals surface area contributed by atoms with Crippen LogP contribution in [0.5, 0.6) is 0 Å². The van der Waals surface area contributed by atoms with Gasteiger partial charge in [0, 0.05) is 31.7 Å². The first-order valence-corrected chi connectivity index (χ1v) is 9.37. The number of nitrogens with one attached hydrogen (secondary N) is 1. The normalized spacial score (nSPS) is 19.1. The van der Waals surface area contributed by atoms with Crippen LogP contribution in [-0.2, 0) is 0 Å². The van der Waals surface area contributed by atoms with Gasteiger partial charge in [-0.15, -0.1) is 0 Å². The highest BCUT2D eigenvalue weighted by Gasteiger charge is 2.33. The second-order valence-electron chi connectivity index (χ2n) is 7.12. The van der Waals surface area contributed by atoms with Crippen molar-refractivity contribution in [1.82, 2.24) is 9.80 Å². The molecule has 1 aliphatic rings. The van der Waals surface area contributed by atoms with Crippen LogP contribution < -0.4 is 5.73 Å². The third-order valence-corrected chi connectivity index (χ3v) is 5.27. The van der Waals surface area contributed by atoms with Crippen LogP contribution in [0.3, 0.4) is 0 Å². The summed E-state index contributed by atoms with van der Waals surface area (Å²) < 4.78 is 0. The summed E-state index contributed by atoms with van der Waals surface area (Å²) in [5, 5.41) is 7.59. The van der Waals surface area contributed by atoms with Gasteiger partial charge in [-0.1, -0.05) is 58.8 Å². The lowest BCUT2D eigenvalue weighted by molar-refractivity contribution is 0.0455. The van der Waals surface area contributed by atoms with Gasteiger partial charge >= 0.3 is 0 Å². The lowest BCUT2D eigenvalue weighted by Crippen LogP contribution is -2.57. The number of rotatable bonds is 10. The molecule has 1 saturated heterocycles. The van der Waals surface area contributed by atoms with E-state index < -0.39 is 0 Å². The zero-order valence-electron chi connectivity index (χ0n) is 15.2. The van der Waals surface area contributed by atoms with Crippen molar-refractivity contribution in [1.29, 1.82) is 5.41 Å². The van der Waals surface area contributed by atoms with E-state index in [1.54, 1.807) is 0 Å². The molecule has 4 heteroatoms. The van der Waals surface area contributed by atoms with Gasteiger partial charge in [0.15, 0.2) is 5.96 Å². The maximum absolute atomic E-state index is 7.59. The van der Waals surface area contributed by atoms with Gasteiger partial charge in [0.2, 0.25) is 0 Å². The van der Waals surface area contributed by atoms with Crippen molar-refractivity contribution in [2.24, 2.45) is 5.73 Å². The largest absolute Gasteiger partial charge is 0.370 e. The third-order valence-electron chi connectivity index (χ3n) is 5.27. The molecule has 0 aromatic rings. The molecule has 0 aromatic carbocycles. The van der Waals surface area contributed by atoms with Gasteiger partial charge in [-0.05, 0) is 19.8 Å². The number of unbranched alkanes of at least 4 members (excludes halogenated alkanes) is 5. The number of hydrogen-bond acceptors (Lipinski definition) is 2. The Morgan fingerprint density at radius 2 is 1.41 bits per heavy atom. The predicted molar refractivity (Wildman–Crippen MR) is 96.4 cm³/mol. The van der Waals surface area contributed by atoms with E-state index in [9.17, 15) is 0 Å². The monoisotopic (exact) mass is 310 g/mol. The third kappa shape index (κ3) is 6.15. The molecule has 0 spiro atoms. The fourth-order valence-corrected chi connectivity index (χ4v) is 3.62. The summed E-state index contributed by atoms with van der Waals surface area (Å²) in [5.74, 6) is 0.232. The Morgan fingerprint density at radius 3 is 1.91 bits per heavy atom. The zero-order chi connectivity index (χ0) is 16.4. The van der Waals surface area contributed by atoms with E-state index in [0.29, 0.717) is 5.54 Å². The van der Waals surface area contributed by atoms with Gasteiger partial charge in [-0.25, -0.2) is 0 Å². The topological polar surface area (TPSA) is 56.4 Å². The van der Waals surface area contributed by atoms with Crippen LogP contribution in [0.25, 0.3) is 0 Å². The fourth-order valence-electron chi connectivity index (χ4n) is 3.62. The van der Waals surface area contributed by atoms with Crippen LogP contribution in [-0.4, -0.2) is 47.5 Å². The summed E-state index contributed by atoms with van der Waals surface area (Å²) in [7, 11) is 0. The lowest BCUT2D eigenvalue weighted by Gasteiger charge is -2.46. The van der Waals surface area contributed by atoms with Gasteiger partial charge < -0.3 is 10.6 Å². The quantitative estimate of drug-likeness (QED) is 0.366. The number of piperazine rings is 1. The van der Waals surface area contributed by atoms with E-state index in [2.05, 4.69) is 25.7 Å². The van der Waals surface area contributed by atoms with Crippen molar-refractivity contribution in [2.45, 2.75) is 84.1 Å². The highest BCUT2D eigenvalue weighted by Crippen LogP contribution is 2.30. The first-order valence-electron chi connectivity index (χ1n) is 9.37. The minimum absolute atomic E-state index is 0.232. The second kappa shape index (κ2) is 10.1. The van der Waals surface area contributed by atoms with Crippen LogP contribution >= 0.6 is 0 Å². The van der Waals surface area contributed by atoms with Crippen molar-refractivity contribution >= 4 is 5.96 Å². The fraction of sp³-hybridized carbons (Fsp3) is 0.944. The molecule has 0 amide bonds. The van der Waals surface area contributed by atoms with Crippen LogP contribution in [0.4, 0.5) is 0 Å². The number of guanidine groups is 1. The van der Waals surface area contributed by atoms with Crippen molar-refractivity contribution < 1.29 is 0 Å². The average Bonchev–Trinajstić information content (AvgIpc) is 2.52. The Kier molecular flexibility index (Phi) is 8.84. The Labute approximate surface area is 137 Å². The highest BCUT2D eigenvalue weighted by atomic mass is 15.3. The van der Waals surface area contributed by atoms with Crippen molar-refractivity contribution in [2.75, 3.05) is 26.2 Å². The molecule has 1 rings (SSSR count). The maximum atomic E-state index is 7.59. The minimum atomic E-state index is 0.232. The summed E-state index contributed by atoms with van der Waals surface area (Å²) >= 11 is 0. The van der Waals surface area contributed by atoms with Crippen molar-refractivity contribution in [3.05, 3.63) is 0 Å². The summed E-state index contributed by atoms with van der Waals surface area (Å²) in [6, 6.07) is 0. The van der Waals surface area contributed by atoms with Crippen LogP contribution in [0.1, 0.15) is 78.6 Å². The first kappa shape index (κ1) is 19.3. The van der Waals surface area contributed by atoms with Crippen molar-refractivity contribution in [3.63, 3.8) is 0 Å². The molecular weight excluding hydrogens is 272 g/mol. The first-order chi connectivity index (χ1) is 10.5. The molecule has 1 heterocycles. The van der Waals surface area contributed by atoms with Gasteiger partial charge in [0.1, 0.15) is 0 Å². The molecule has 0 aliphatic carbocycles. The molecule has 22 heavy (non-hydrogen) atoms. The SMILES string of the molecule is CCCCCCC(C)(CCCCC)N1CCN(C(=N)N)CC1. The molecule has 0 bridgehead atoms. The molecular formula is C18H38N4. The van der Waals surface area contributed by atoms with Gasteiger partial charge in [0.05, 0.1) is 0 Å². The van der Waals surface area contributed by atoms with E-state index in [4.69, 9.17) is 11.1 Å². The minimum Gasteiger partial charge on any atom is -0.370 e. The second-order valence-corrected chi connectivity index (χ2v) is 7.12. The molecule has 1 unspecified atom stereocenters. The van der Waals surface area contributed by atoms with E-state index >= 15 is 0 Å². The van der Waals surface area contributed by atoms with Gasteiger partial charge in [0.25, 0.3) is 0 Å². The maximum Gasteiger partial charge on any atom is 0.188 e. The molecule has 0 saturated carbocycles. The van der Waals surface area contributed by atoms with E-state index in [-0.39, 0.29) is 5.96 Å². The Hall–Kier alpha value is -0.770. The number of hydrogen-bond donors (Lipinski definition) is 2. The smallest absolute Gasteiger partial charge is 0.188 e. The molecule has 0 aromatic heterocycles. The lowest BCUT2D eigenvalue weighted by atomic mass is 9.86. The van der Waals surface area contributed by atoms with Crippen LogP contribution in [0, 0.1) is 5.41 Å². The van der Waals surface area contributed by atoms with Crippen molar-refractivity contribution in [3.8, 4) is 0 Å². The summed E-state index contributed by atoms with van der Waals surface area (Å²) in [5.41, 5.74) is 5.96. The zero-order valence-corrected chi connectivity index (χ0v) is 15.2. The van der Waals surface area contributed by atoms with E-state index in [1.807, 2.05) is 4.90 Å². The van der Waals surface area contributed by atoms with Gasteiger partial charge in [-0.2, -0.15) is 0 Å². The highest BCUT2D eigenvalue weighted by molar-refractivity contribution is 5.74.